The Labute approximate surface area is 259 Å². The molecule has 218 valence electrons. The van der Waals surface area contributed by atoms with E-state index in [-0.39, 0.29) is 31.9 Å². The number of benzene rings is 4. The molecule has 2 nitrogen and oxygen atoms in total. The molecule has 0 aromatic heterocycles. The molecule has 4 aromatic rings. The molecule has 4 aromatic carbocycles. The van der Waals surface area contributed by atoms with Gasteiger partial charge in [0.25, 0.3) is 0 Å². The molecule has 0 amide bonds. The van der Waals surface area contributed by atoms with Gasteiger partial charge in [-0.05, 0) is 25.7 Å². The third kappa shape index (κ3) is 7.63. The van der Waals surface area contributed by atoms with Gasteiger partial charge < -0.3 is 24.0 Å². The largest absolute Gasteiger partial charge is 2.00 e. The van der Waals surface area contributed by atoms with Crippen molar-refractivity contribution in [3.05, 3.63) is 136 Å². The van der Waals surface area contributed by atoms with E-state index < -0.39 is 14.3 Å². The van der Waals surface area contributed by atoms with Crippen LogP contribution in [0.4, 0.5) is 0 Å². The predicted octanol–water partition coefficient (Wildman–Crippen LogP) is 8.78. The maximum absolute atomic E-state index is 13.8. The van der Waals surface area contributed by atoms with Crippen molar-refractivity contribution in [2.75, 3.05) is 0 Å². The first kappa shape index (κ1) is 35.1. The number of hydrogen-bond acceptors (Lipinski definition) is 2. The molecular formula is C36H44FeO2P2. The molecule has 0 atom stereocenters. The van der Waals surface area contributed by atoms with Gasteiger partial charge in [0, 0.05) is 32.5 Å². The molecule has 41 heavy (non-hydrogen) atoms. The Balaban J connectivity index is 0.000000267. The summed E-state index contributed by atoms with van der Waals surface area (Å²) < 4.78 is 27.6. The monoisotopic (exact) mass is 626 g/mol. The van der Waals surface area contributed by atoms with Crippen molar-refractivity contribution in [2.45, 2.75) is 62.7 Å². The standard InChI is InChI=1S/2C17H19OP.2CH3.Fe/c2*18-19(17-13-7-8-14-17,15-9-3-1-4-10-15)16-11-5-2-6-12-16;;;/h2*1-6,9-12,17H,7-8,13-14H2;2*1H3;/q;;2*-1;+2. The summed E-state index contributed by atoms with van der Waals surface area (Å²) in [4.78, 5) is 0. The molecule has 0 radical (unpaired) electrons. The first-order chi connectivity index (χ1) is 18.6. The van der Waals surface area contributed by atoms with Crippen molar-refractivity contribution in [3.8, 4) is 0 Å². The van der Waals surface area contributed by atoms with E-state index in [4.69, 9.17) is 0 Å². The van der Waals surface area contributed by atoms with Gasteiger partial charge in [0.05, 0.1) is 0 Å². The average molecular weight is 627 g/mol. The zero-order valence-electron chi connectivity index (χ0n) is 24.4. The van der Waals surface area contributed by atoms with Gasteiger partial charge in [-0.3, -0.25) is 0 Å². The fourth-order valence-corrected chi connectivity index (χ4v) is 13.2. The maximum atomic E-state index is 13.8. The van der Waals surface area contributed by atoms with E-state index in [0.717, 1.165) is 46.9 Å². The molecule has 2 fully saturated rings. The van der Waals surface area contributed by atoms with Crippen LogP contribution in [0.15, 0.2) is 121 Å². The number of hydrogen-bond donors (Lipinski definition) is 0. The van der Waals surface area contributed by atoms with Crippen LogP contribution in [0.5, 0.6) is 0 Å². The van der Waals surface area contributed by atoms with Gasteiger partial charge in [0.2, 0.25) is 0 Å². The molecule has 0 heterocycles. The van der Waals surface area contributed by atoms with Gasteiger partial charge in [-0.1, -0.05) is 147 Å². The van der Waals surface area contributed by atoms with Gasteiger partial charge in [-0.2, -0.15) is 0 Å². The molecule has 2 aliphatic carbocycles. The zero-order valence-corrected chi connectivity index (χ0v) is 27.3. The quantitative estimate of drug-likeness (QED) is 0.122. The molecule has 0 N–H and O–H groups in total. The molecule has 0 spiro atoms. The molecule has 6 rings (SSSR count). The van der Waals surface area contributed by atoms with Crippen molar-refractivity contribution in [1.29, 1.82) is 0 Å². The van der Waals surface area contributed by atoms with Crippen molar-refractivity contribution < 1.29 is 26.2 Å². The maximum Gasteiger partial charge on any atom is 2.00 e. The summed E-state index contributed by atoms with van der Waals surface area (Å²) in [5.74, 6) is 0. The second-order valence-electron chi connectivity index (χ2n) is 10.5. The Morgan fingerprint density at radius 1 is 0.390 bits per heavy atom. The Kier molecular flexibility index (Phi) is 14.1. The van der Waals surface area contributed by atoms with Gasteiger partial charge in [0.15, 0.2) is 0 Å². The minimum atomic E-state index is -2.47. The summed E-state index contributed by atoms with van der Waals surface area (Å²) in [6.07, 6.45) is 9.26. The van der Waals surface area contributed by atoms with E-state index in [9.17, 15) is 9.13 Å². The van der Waals surface area contributed by atoms with E-state index in [1.165, 1.54) is 25.7 Å². The third-order valence-electron chi connectivity index (χ3n) is 8.24. The van der Waals surface area contributed by atoms with Crippen molar-refractivity contribution >= 4 is 35.5 Å². The van der Waals surface area contributed by atoms with Crippen LogP contribution in [0.25, 0.3) is 0 Å². The molecule has 0 unspecified atom stereocenters. The molecule has 5 heteroatoms. The smallest absolute Gasteiger partial charge is 0.358 e. The van der Waals surface area contributed by atoms with Crippen molar-refractivity contribution in [1.82, 2.24) is 0 Å². The summed E-state index contributed by atoms with van der Waals surface area (Å²) in [5, 5.41) is 4.09. The fourth-order valence-electron chi connectivity index (χ4n) is 6.27. The Morgan fingerprint density at radius 2 is 0.585 bits per heavy atom. The van der Waals surface area contributed by atoms with Crippen molar-refractivity contribution in [3.63, 3.8) is 0 Å². The van der Waals surface area contributed by atoms with Gasteiger partial charge >= 0.3 is 17.1 Å². The van der Waals surface area contributed by atoms with Crippen LogP contribution in [0.3, 0.4) is 0 Å². The fraction of sp³-hybridized carbons (Fsp3) is 0.278. The minimum absolute atomic E-state index is 0. The van der Waals surface area contributed by atoms with Gasteiger partial charge in [-0.15, -0.1) is 0 Å². The summed E-state index contributed by atoms with van der Waals surface area (Å²) in [5.41, 5.74) is 0.662. The summed E-state index contributed by atoms with van der Waals surface area (Å²) >= 11 is 0. The van der Waals surface area contributed by atoms with Crippen LogP contribution in [-0.4, -0.2) is 11.3 Å². The summed E-state index contributed by atoms with van der Waals surface area (Å²) in [7, 11) is -4.94. The van der Waals surface area contributed by atoms with Crippen LogP contribution in [-0.2, 0) is 26.2 Å². The average Bonchev–Trinajstić information content (AvgIpc) is 3.75. The van der Waals surface area contributed by atoms with Gasteiger partial charge in [0.1, 0.15) is 14.3 Å². The second kappa shape index (κ2) is 16.5. The van der Waals surface area contributed by atoms with Crippen LogP contribution < -0.4 is 21.2 Å². The van der Waals surface area contributed by atoms with E-state index in [1.807, 2.05) is 121 Å². The molecular weight excluding hydrogens is 582 g/mol. The van der Waals surface area contributed by atoms with Crippen LogP contribution in [0.2, 0.25) is 0 Å². The predicted molar refractivity (Wildman–Crippen MR) is 177 cm³/mol. The normalized spacial score (nSPS) is 15.4. The van der Waals surface area contributed by atoms with E-state index in [0.29, 0.717) is 11.3 Å². The number of rotatable bonds is 6. The van der Waals surface area contributed by atoms with E-state index in [2.05, 4.69) is 0 Å². The Morgan fingerprint density at radius 3 is 0.780 bits per heavy atom. The summed E-state index contributed by atoms with van der Waals surface area (Å²) in [6.45, 7) is 0. The zero-order chi connectivity index (χ0) is 26.3. The topological polar surface area (TPSA) is 34.1 Å². The van der Waals surface area contributed by atoms with Crippen LogP contribution in [0, 0.1) is 14.9 Å². The molecule has 2 aliphatic rings. The second-order valence-corrected chi connectivity index (χ2v) is 16.7. The first-order valence-electron chi connectivity index (χ1n) is 14.1. The third-order valence-corrected chi connectivity index (χ3v) is 15.6. The molecule has 0 bridgehead atoms. The first-order valence-corrected chi connectivity index (χ1v) is 17.6. The van der Waals surface area contributed by atoms with E-state index >= 15 is 0 Å². The molecule has 0 aliphatic heterocycles. The molecule has 0 saturated heterocycles. The van der Waals surface area contributed by atoms with Gasteiger partial charge in [-0.25, -0.2) is 0 Å². The SMILES string of the molecule is O=P(c1ccccc1)(c1ccccc1)C1CCCC1.O=P(c1ccccc1)(c1ccccc1)C1CCCC1.[CH3-].[CH3-].[Fe+2]. The minimum Gasteiger partial charge on any atom is -0.358 e. The van der Waals surface area contributed by atoms with Crippen LogP contribution in [0.1, 0.15) is 51.4 Å². The molecule has 2 saturated carbocycles. The summed E-state index contributed by atoms with van der Waals surface area (Å²) in [6, 6.07) is 40.2. The van der Waals surface area contributed by atoms with E-state index in [1.54, 1.807) is 0 Å². The van der Waals surface area contributed by atoms with Crippen molar-refractivity contribution in [2.24, 2.45) is 0 Å². The van der Waals surface area contributed by atoms with Crippen LogP contribution >= 0.6 is 14.3 Å². The Hall–Kier alpha value is -2.14. The Bertz CT molecular complexity index is 1170.